The van der Waals surface area contributed by atoms with E-state index in [9.17, 15) is 0 Å². The molecule has 1 unspecified atom stereocenters. The quantitative estimate of drug-likeness (QED) is 0.679. The van der Waals surface area contributed by atoms with Crippen LogP contribution in [0.3, 0.4) is 0 Å². The minimum atomic E-state index is 0.345. The lowest BCUT2D eigenvalue weighted by Crippen LogP contribution is -2.23. The second-order valence-corrected chi connectivity index (χ2v) is 8.56. The van der Waals surface area contributed by atoms with E-state index in [1.165, 1.54) is 9.88 Å². The monoisotopic (exact) mass is 422 g/mol. The topological polar surface area (TPSA) is 24.9 Å². The summed E-state index contributed by atoms with van der Waals surface area (Å²) in [5, 5.41) is 6.94. The molecule has 19 heavy (non-hydrogen) atoms. The lowest BCUT2D eigenvalue weighted by Gasteiger charge is -2.15. The van der Waals surface area contributed by atoms with E-state index in [1.54, 1.807) is 22.7 Å². The minimum Gasteiger partial charge on any atom is -0.309 e. The zero-order chi connectivity index (χ0) is 13.8. The van der Waals surface area contributed by atoms with Crippen LogP contribution in [0.5, 0.6) is 0 Å². The Morgan fingerprint density at radius 3 is 2.74 bits per heavy atom. The number of nitrogens with zero attached hydrogens (tertiary/aromatic N) is 1. The predicted molar refractivity (Wildman–Crippen MR) is 91.3 cm³/mol. The predicted octanol–water partition coefficient (Wildman–Crippen LogP) is 5.32. The number of aromatic nitrogens is 1. The van der Waals surface area contributed by atoms with Gasteiger partial charge in [-0.05, 0) is 57.8 Å². The molecule has 6 heteroatoms. The van der Waals surface area contributed by atoms with E-state index in [-0.39, 0.29) is 0 Å². The maximum Gasteiger partial charge on any atom is 0.0947 e. The number of halogens is 2. The Morgan fingerprint density at radius 1 is 1.42 bits per heavy atom. The highest BCUT2D eigenvalue weighted by molar-refractivity contribution is 9.13. The molecule has 2 aromatic heterocycles. The van der Waals surface area contributed by atoms with Gasteiger partial charge in [-0.1, -0.05) is 6.92 Å². The number of thiophene rings is 1. The molecule has 1 N–H and O–H groups in total. The molecular weight excluding hydrogens is 408 g/mol. The summed E-state index contributed by atoms with van der Waals surface area (Å²) in [4.78, 5) is 5.92. The Bertz CT molecular complexity index is 517. The van der Waals surface area contributed by atoms with Crippen molar-refractivity contribution in [3.8, 4) is 0 Å². The van der Waals surface area contributed by atoms with Gasteiger partial charge in [-0.3, -0.25) is 0 Å². The molecule has 0 amide bonds. The van der Waals surface area contributed by atoms with Gasteiger partial charge in [0.15, 0.2) is 0 Å². The first-order valence-electron chi connectivity index (χ1n) is 6.19. The Kier molecular flexibility index (Phi) is 6.02. The summed E-state index contributed by atoms with van der Waals surface area (Å²) in [7, 11) is 0. The van der Waals surface area contributed by atoms with Crippen LogP contribution in [-0.4, -0.2) is 11.5 Å². The highest BCUT2D eigenvalue weighted by Gasteiger charge is 2.17. The average molecular weight is 424 g/mol. The molecule has 2 aromatic rings. The van der Waals surface area contributed by atoms with Gasteiger partial charge in [0.2, 0.25) is 0 Å². The number of aryl methyl sites for hydroxylation is 1. The van der Waals surface area contributed by atoms with E-state index in [1.807, 2.05) is 6.92 Å². The first-order valence-corrected chi connectivity index (χ1v) is 9.47. The van der Waals surface area contributed by atoms with Gasteiger partial charge in [0.25, 0.3) is 0 Å². The van der Waals surface area contributed by atoms with Crippen molar-refractivity contribution in [3.05, 3.63) is 35.3 Å². The van der Waals surface area contributed by atoms with Crippen LogP contribution in [0.1, 0.15) is 35.0 Å². The van der Waals surface area contributed by atoms with Gasteiger partial charge in [0, 0.05) is 32.9 Å². The molecule has 0 spiro atoms. The molecule has 104 valence electrons. The van der Waals surface area contributed by atoms with Gasteiger partial charge in [-0.15, -0.1) is 22.7 Å². The molecule has 0 radical (unpaired) electrons. The Hall–Kier alpha value is 0.250. The average Bonchev–Trinajstić information content (AvgIpc) is 2.92. The van der Waals surface area contributed by atoms with E-state index in [4.69, 9.17) is 0 Å². The molecular formula is C13H16Br2N2S2. The van der Waals surface area contributed by atoms with Gasteiger partial charge in [0.05, 0.1) is 8.79 Å². The molecule has 0 bridgehead atoms. The summed E-state index contributed by atoms with van der Waals surface area (Å²) in [5.74, 6) is 0. The van der Waals surface area contributed by atoms with Crippen LogP contribution in [0.4, 0.5) is 0 Å². The first kappa shape index (κ1) is 15.6. The molecule has 2 heterocycles. The third-order valence-corrected chi connectivity index (χ3v) is 7.05. The maximum atomic E-state index is 4.57. The van der Waals surface area contributed by atoms with Gasteiger partial charge < -0.3 is 5.32 Å². The molecule has 1 atom stereocenters. The second kappa shape index (κ2) is 7.31. The van der Waals surface area contributed by atoms with Crippen molar-refractivity contribution in [1.29, 1.82) is 0 Å². The van der Waals surface area contributed by atoms with Gasteiger partial charge in [0.1, 0.15) is 0 Å². The summed E-state index contributed by atoms with van der Waals surface area (Å²) >= 11 is 10.7. The van der Waals surface area contributed by atoms with Crippen LogP contribution in [0.25, 0.3) is 0 Å². The maximum absolute atomic E-state index is 4.57. The van der Waals surface area contributed by atoms with Crippen LogP contribution < -0.4 is 5.32 Å². The number of hydrogen-bond acceptors (Lipinski definition) is 4. The lowest BCUT2D eigenvalue weighted by molar-refractivity contribution is 0.535. The van der Waals surface area contributed by atoms with E-state index < -0.39 is 0 Å². The largest absolute Gasteiger partial charge is 0.309 e. The van der Waals surface area contributed by atoms with E-state index in [2.05, 4.69) is 60.5 Å². The third kappa shape index (κ3) is 4.36. The highest BCUT2D eigenvalue weighted by Crippen LogP contribution is 2.36. The van der Waals surface area contributed by atoms with E-state index in [0.717, 1.165) is 33.3 Å². The smallest absolute Gasteiger partial charge is 0.0947 e. The van der Waals surface area contributed by atoms with Crippen molar-refractivity contribution in [3.63, 3.8) is 0 Å². The van der Waals surface area contributed by atoms with Crippen molar-refractivity contribution in [2.45, 2.75) is 32.7 Å². The Labute approximate surface area is 138 Å². The fourth-order valence-electron chi connectivity index (χ4n) is 1.80. The first-order chi connectivity index (χ1) is 9.10. The summed E-state index contributed by atoms with van der Waals surface area (Å²) in [6.07, 6.45) is 2.10. The fraction of sp³-hybridized carbons (Fsp3) is 0.462. The second-order valence-electron chi connectivity index (χ2n) is 4.36. The molecule has 0 aromatic carbocycles. The minimum absolute atomic E-state index is 0.345. The molecule has 0 saturated heterocycles. The third-order valence-electron chi connectivity index (χ3n) is 2.69. The number of rotatable bonds is 6. The van der Waals surface area contributed by atoms with Crippen LogP contribution in [-0.2, 0) is 6.42 Å². The van der Waals surface area contributed by atoms with Crippen molar-refractivity contribution < 1.29 is 0 Å². The SMILES string of the molecule is CCCNC(Cc1nc(C)cs1)c1cc(Br)c(Br)s1. The lowest BCUT2D eigenvalue weighted by atomic mass is 10.1. The van der Waals surface area contributed by atoms with Crippen LogP contribution >= 0.6 is 54.5 Å². The number of hydrogen-bond donors (Lipinski definition) is 1. The molecule has 0 fully saturated rings. The van der Waals surface area contributed by atoms with Gasteiger partial charge in [-0.2, -0.15) is 0 Å². The Morgan fingerprint density at radius 2 is 2.21 bits per heavy atom. The summed E-state index contributed by atoms with van der Waals surface area (Å²) in [6, 6.07) is 2.54. The molecule has 2 rings (SSSR count). The molecule has 0 saturated carbocycles. The van der Waals surface area contributed by atoms with Crippen molar-refractivity contribution in [2.75, 3.05) is 6.54 Å². The van der Waals surface area contributed by atoms with Crippen molar-refractivity contribution in [2.24, 2.45) is 0 Å². The van der Waals surface area contributed by atoms with Crippen LogP contribution in [0.2, 0.25) is 0 Å². The van der Waals surface area contributed by atoms with Crippen LogP contribution in [0, 0.1) is 6.92 Å². The number of nitrogens with one attached hydrogen (secondary N) is 1. The van der Waals surface area contributed by atoms with Gasteiger partial charge >= 0.3 is 0 Å². The highest BCUT2D eigenvalue weighted by atomic mass is 79.9. The summed E-state index contributed by atoms with van der Waals surface area (Å²) in [5.41, 5.74) is 1.11. The van der Waals surface area contributed by atoms with Gasteiger partial charge in [-0.25, -0.2) is 4.98 Å². The summed E-state index contributed by atoms with van der Waals surface area (Å²) < 4.78 is 2.28. The fourth-order valence-corrected chi connectivity index (χ4v) is 4.78. The zero-order valence-corrected chi connectivity index (χ0v) is 15.7. The van der Waals surface area contributed by atoms with E-state index in [0.29, 0.717) is 6.04 Å². The Balaban J connectivity index is 2.15. The molecule has 0 aliphatic heterocycles. The van der Waals surface area contributed by atoms with E-state index >= 15 is 0 Å². The molecule has 0 aliphatic rings. The number of thiazole rings is 1. The standard InChI is InChI=1S/C13H16Br2N2S2/c1-3-4-16-10(6-12-17-8(2)7-18-12)11-5-9(14)13(15)19-11/h5,7,10,16H,3-4,6H2,1-2H3. The zero-order valence-electron chi connectivity index (χ0n) is 10.9. The summed E-state index contributed by atoms with van der Waals surface area (Å²) in [6.45, 7) is 5.27. The van der Waals surface area contributed by atoms with Crippen molar-refractivity contribution >= 4 is 54.5 Å². The van der Waals surface area contributed by atoms with Crippen LogP contribution in [0.15, 0.2) is 19.7 Å². The molecule has 2 nitrogen and oxygen atoms in total. The normalized spacial score (nSPS) is 12.8. The molecule has 0 aliphatic carbocycles. The van der Waals surface area contributed by atoms with Crippen molar-refractivity contribution in [1.82, 2.24) is 10.3 Å².